The van der Waals surface area contributed by atoms with E-state index in [0.29, 0.717) is 17.4 Å². The number of nitrogens with one attached hydrogen (secondary N) is 1. The smallest absolute Gasteiger partial charge is 0.251 e. The van der Waals surface area contributed by atoms with Crippen molar-refractivity contribution in [1.29, 1.82) is 0 Å². The summed E-state index contributed by atoms with van der Waals surface area (Å²) in [5, 5.41) is 3.01. The number of nitrogens with two attached hydrogens (primary N) is 1. The number of carbonyl (C=O) groups excluding carboxylic acids is 1. The Morgan fingerprint density at radius 3 is 2.88 bits per heavy atom. The van der Waals surface area contributed by atoms with E-state index in [0.717, 1.165) is 31.4 Å². The van der Waals surface area contributed by atoms with Crippen LogP contribution in [0.25, 0.3) is 0 Å². The zero-order chi connectivity index (χ0) is 12.3. The highest BCUT2D eigenvalue weighted by Gasteiger charge is 2.20. The number of anilines is 1. The number of pyridine rings is 1. The van der Waals surface area contributed by atoms with Crippen LogP contribution in [0.5, 0.6) is 0 Å². The number of nitrogen functional groups attached to an aromatic ring is 1. The Kier molecular flexibility index (Phi) is 3.61. The summed E-state index contributed by atoms with van der Waals surface area (Å²) in [5.41, 5.74) is 7.24. The molecular weight excluding hydrogens is 214 g/mol. The lowest BCUT2D eigenvalue weighted by molar-refractivity contribution is 0.0917. The van der Waals surface area contributed by atoms with Crippen molar-refractivity contribution in [3.8, 4) is 0 Å². The Morgan fingerprint density at radius 1 is 1.53 bits per heavy atom. The molecule has 1 saturated carbocycles. The maximum Gasteiger partial charge on any atom is 0.251 e. The lowest BCUT2D eigenvalue weighted by atomic mass is 9.93. The summed E-state index contributed by atoms with van der Waals surface area (Å²) < 4.78 is 0. The average molecular weight is 233 g/mol. The highest BCUT2D eigenvalue weighted by atomic mass is 16.1. The number of hydrogen-bond donors (Lipinski definition) is 2. The largest absolute Gasteiger partial charge is 0.384 e. The molecule has 1 aliphatic carbocycles. The van der Waals surface area contributed by atoms with Crippen LogP contribution in [-0.2, 0) is 6.42 Å². The van der Waals surface area contributed by atoms with E-state index in [1.54, 1.807) is 6.07 Å². The lowest BCUT2D eigenvalue weighted by Gasteiger charge is -2.26. The zero-order valence-corrected chi connectivity index (χ0v) is 10.2. The molecule has 0 radical (unpaired) electrons. The van der Waals surface area contributed by atoms with E-state index < -0.39 is 0 Å². The van der Waals surface area contributed by atoms with Gasteiger partial charge in [-0.25, -0.2) is 4.98 Å². The van der Waals surface area contributed by atoms with Gasteiger partial charge in [0, 0.05) is 17.3 Å². The number of hydrogen-bond acceptors (Lipinski definition) is 3. The Bertz CT molecular complexity index is 413. The number of aromatic nitrogens is 1. The SMILES string of the molecule is CCCc1cc(C(=O)NC2CCC2)cc(N)n1. The second-order valence-corrected chi connectivity index (χ2v) is 4.62. The van der Waals surface area contributed by atoms with Crippen molar-refractivity contribution in [2.24, 2.45) is 0 Å². The van der Waals surface area contributed by atoms with E-state index in [2.05, 4.69) is 17.2 Å². The number of aryl methyl sites for hydroxylation is 1. The minimum absolute atomic E-state index is 0.0267. The molecule has 1 aromatic rings. The summed E-state index contributed by atoms with van der Waals surface area (Å²) in [6, 6.07) is 3.84. The van der Waals surface area contributed by atoms with Crippen LogP contribution in [0.15, 0.2) is 12.1 Å². The predicted molar refractivity (Wildman–Crippen MR) is 67.7 cm³/mol. The maximum atomic E-state index is 12.0. The molecule has 0 aliphatic heterocycles. The number of carbonyl (C=O) groups is 1. The van der Waals surface area contributed by atoms with Gasteiger partial charge in [-0.05, 0) is 37.8 Å². The molecular formula is C13H19N3O. The molecule has 4 nitrogen and oxygen atoms in total. The lowest BCUT2D eigenvalue weighted by Crippen LogP contribution is -2.39. The quantitative estimate of drug-likeness (QED) is 0.834. The topological polar surface area (TPSA) is 68.0 Å². The number of rotatable bonds is 4. The average Bonchev–Trinajstić information content (AvgIpc) is 2.23. The third-order valence-corrected chi connectivity index (χ3v) is 3.11. The minimum Gasteiger partial charge on any atom is -0.384 e. The molecule has 0 saturated heterocycles. The summed E-state index contributed by atoms with van der Waals surface area (Å²) in [7, 11) is 0. The third-order valence-electron chi connectivity index (χ3n) is 3.11. The summed E-state index contributed by atoms with van der Waals surface area (Å²) in [5.74, 6) is 0.399. The molecule has 1 fully saturated rings. The first-order valence-corrected chi connectivity index (χ1v) is 6.26. The molecule has 17 heavy (non-hydrogen) atoms. The van der Waals surface area contributed by atoms with Crippen molar-refractivity contribution in [2.45, 2.75) is 45.1 Å². The molecule has 0 aromatic carbocycles. The van der Waals surface area contributed by atoms with E-state index >= 15 is 0 Å². The van der Waals surface area contributed by atoms with E-state index in [1.165, 1.54) is 6.42 Å². The highest BCUT2D eigenvalue weighted by Crippen LogP contribution is 2.19. The standard InChI is InChI=1S/C13H19N3O/c1-2-4-11-7-9(8-12(14)15-11)13(17)16-10-5-3-6-10/h7-8,10H,2-6H2,1H3,(H2,14,15)(H,16,17). The summed E-state index contributed by atoms with van der Waals surface area (Å²) >= 11 is 0. The Morgan fingerprint density at radius 2 is 2.29 bits per heavy atom. The van der Waals surface area contributed by atoms with Crippen LogP contribution in [0.2, 0.25) is 0 Å². The summed E-state index contributed by atoms with van der Waals surface area (Å²) in [4.78, 5) is 16.2. The molecule has 0 spiro atoms. The van der Waals surface area contributed by atoms with Gasteiger partial charge in [-0.1, -0.05) is 13.3 Å². The third kappa shape index (κ3) is 2.96. The Hall–Kier alpha value is -1.58. The fourth-order valence-electron chi connectivity index (χ4n) is 1.95. The monoisotopic (exact) mass is 233 g/mol. The Labute approximate surface area is 102 Å². The molecule has 92 valence electrons. The van der Waals surface area contributed by atoms with Gasteiger partial charge in [-0.15, -0.1) is 0 Å². The minimum atomic E-state index is -0.0267. The van der Waals surface area contributed by atoms with Crippen molar-refractivity contribution >= 4 is 11.7 Å². The summed E-state index contributed by atoms with van der Waals surface area (Å²) in [6.45, 7) is 2.08. The molecule has 1 amide bonds. The van der Waals surface area contributed by atoms with Gasteiger partial charge in [0.15, 0.2) is 0 Å². The van der Waals surface area contributed by atoms with Crippen LogP contribution in [-0.4, -0.2) is 16.9 Å². The number of nitrogens with zero attached hydrogens (tertiary/aromatic N) is 1. The van der Waals surface area contributed by atoms with Gasteiger partial charge in [0.1, 0.15) is 5.82 Å². The first-order chi connectivity index (χ1) is 8.19. The highest BCUT2D eigenvalue weighted by molar-refractivity contribution is 5.95. The first-order valence-electron chi connectivity index (χ1n) is 6.26. The molecule has 3 N–H and O–H groups in total. The summed E-state index contributed by atoms with van der Waals surface area (Å²) in [6.07, 6.45) is 5.25. The fourth-order valence-corrected chi connectivity index (χ4v) is 1.95. The van der Waals surface area contributed by atoms with Gasteiger partial charge in [0.25, 0.3) is 5.91 Å². The van der Waals surface area contributed by atoms with E-state index in [4.69, 9.17) is 5.73 Å². The van der Waals surface area contributed by atoms with Crippen LogP contribution >= 0.6 is 0 Å². The predicted octanol–water partition coefficient (Wildman–Crippen LogP) is 1.90. The second kappa shape index (κ2) is 5.17. The Balaban J connectivity index is 2.09. The second-order valence-electron chi connectivity index (χ2n) is 4.62. The van der Waals surface area contributed by atoms with Crippen LogP contribution in [0.3, 0.4) is 0 Å². The van der Waals surface area contributed by atoms with Crippen LogP contribution in [0.4, 0.5) is 5.82 Å². The first kappa shape index (κ1) is 11.9. The van der Waals surface area contributed by atoms with Crippen LogP contribution in [0.1, 0.15) is 48.7 Å². The van der Waals surface area contributed by atoms with Crippen molar-refractivity contribution in [2.75, 3.05) is 5.73 Å². The van der Waals surface area contributed by atoms with Crippen molar-refractivity contribution < 1.29 is 4.79 Å². The molecule has 1 heterocycles. The molecule has 2 rings (SSSR count). The van der Waals surface area contributed by atoms with Gasteiger partial charge in [0.05, 0.1) is 0 Å². The van der Waals surface area contributed by atoms with Crippen LogP contribution < -0.4 is 11.1 Å². The molecule has 1 aliphatic rings. The van der Waals surface area contributed by atoms with E-state index in [9.17, 15) is 4.79 Å². The molecule has 0 bridgehead atoms. The number of amides is 1. The van der Waals surface area contributed by atoms with Crippen LogP contribution in [0, 0.1) is 0 Å². The fraction of sp³-hybridized carbons (Fsp3) is 0.538. The zero-order valence-electron chi connectivity index (χ0n) is 10.2. The van der Waals surface area contributed by atoms with E-state index in [-0.39, 0.29) is 5.91 Å². The molecule has 0 atom stereocenters. The van der Waals surface area contributed by atoms with E-state index in [1.807, 2.05) is 6.07 Å². The van der Waals surface area contributed by atoms with Gasteiger partial charge in [0.2, 0.25) is 0 Å². The van der Waals surface area contributed by atoms with Crippen molar-refractivity contribution in [3.05, 3.63) is 23.4 Å². The van der Waals surface area contributed by atoms with Crippen molar-refractivity contribution in [3.63, 3.8) is 0 Å². The van der Waals surface area contributed by atoms with Gasteiger partial charge in [-0.2, -0.15) is 0 Å². The van der Waals surface area contributed by atoms with Gasteiger partial charge < -0.3 is 11.1 Å². The molecule has 1 aromatic heterocycles. The maximum absolute atomic E-state index is 12.0. The normalized spacial score (nSPS) is 15.4. The van der Waals surface area contributed by atoms with Gasteiger partial charge in [-0.3, -0.25) is 4.79 Å². The molecule has 0 unspecified atom stereocenters. The van der Waals surface area contributed by atoms with Gasteiger partial charge >= 0.3 is 0 Å². The molecule has 4 heteroatoms. The van der Waals surface area contributed by atoms with Crippen molar-refractivity contribution in [1.82, 2.24) is 10.3 Å².